The number of hydrogen-bond donors (Lipinski definition) is 0. The average Bonchev–Trinajstić information content (AvgIpc) is 2.90. The van der Waals surface area contributed by atoms with Crippen molar-refractivity contribution in [3.05, 3.63) is 65.2 Å². The highest BCUT2D eigenvalue weighted by Crippen LogP contribution is 2.36. The second-order valence-corrected chi connectivity index (χ2v) is 11.4. The zero-order chi connectivity index (χ0) is 28.0. The molecule has 3 rings (SSSR count). The number of sulfonamides is 1. The number of ether oxygens (including phenoxy) is 2. The molecule has 3 aromatic rings. The number of aromatic nitrogens is 2. The van der Waals surface area contributed by atoms with Crippen LogP contribution in [0.25, 0.3) is 0 Å². The second-order valence-electron chi connectivity index (χ2n) is 8.62. The summed E-state index contributed by atoms with van der Waals surface area (Å²) >= 11 is 12.4. The lowest BCUT2D eigenvalue weighted by atomic mass is 10.2. The molecule has 0 atom stereocenters. The fourth-order valence-corrected chi connectivity index (χ4v) is 5.89. The van der Waals surface area contributed by atoms with E-state index < -0.39 is 10.0 Å². The summed E-state index contributed by atoms with van der Waals surface area (Å²) in [6.07, 6.45) is 3.35. The maximum atomic E-state index is 14.1. The summed E-state index contributed by atoms with van der Waals surface area (Å²) < 4.78 is 40.2. The minimum absolute atomic E-state index is 0.0110. The van der Waals surface area contributed by atoms with Crippen LogP contribution in [0.5, 0.6) is 11.5 Å². The van der Waals surface area contributed by atoms with E-state index in [2.05, 4.69) is 9.97 Å². The van der Waals surface area contributed by atoms with Crippen LogP contribution in [-0.2, 0) is 16.6 Å². The quantitative estimate of drug-likeness (QED) is 0.304. The van der Waals surface area contributed by atoms with Crippen molar-refractivity contribution in [3.8, 4) is 11.5 Å². The summed E-state index contributed by atoms with van der Waals surface area (Å²) in [5.74, 6) is 0.704. The van der Waals surface area contributed by atoms with Crippen molar-refractivity contribution in [1.29, 1.82) is 0 Å². The molecule has 0 unspecified atom stereocenters. The third kappa shape index (κ3) is 6.64. The van der Waals surface area contributed by atoms with Crippen LogP contribution >= 0.6 is 23.8 Å². The van der Waals surface area contributed by atoms with E-state index in [-0.39, 0.29) is 22.2 Å². The SMILES string of the molecule is CCN(Cc1cncc(C)n1)C(=S)CN(c1cc(N(C)C)ccc1Cl)S(=O)(=O)c1ccc(OC)c(OC)c1. The van der Waals surface area contributed by atoms with E-state index in [1.165, 1.54) is 30.7 Å². The number of anilines is 2. The summed E-state index contributed by atoms with van der Waals surface area (Å²) in [6, 6.07) is 9.66. The molecule has 1 aromatic heterocycles. The Hall–Kier alpha value is -3.15. The molecule has 204 valence electrons. The molecule has 0 saturated heterocycles. The fraction of sp³-hybridized carbons (Fsp3) is 0.346. The van der Waals surface area contributed by atoms with Crippen LogP contribution in [-0.4, -0.2) is 69.7 Å². The van der Waals surface area contributed by atoms with Gasteiger partial charge < -0.3 is 19.3 Å². The first-order valence-corrected chi connectivity index (χ1v) is 14.0. The van der Waals surface area contributed by atoms with Gasteiger partial charge >= 0.3 is 0 Å². The van der Waals surface area contributed by atoms with Crippen molar-refractivity contribution >= 4 is 50.2 Å². The third-order valence-corrected chi connectivity index (χ3v) is 8.29. The van der Waals surface area contributed by atoms with Crippen LogP contribution in [0.1, 0.15) is 18.3 Å². The van der Waals surface area contributed by atoms with Gasteiger partial charge in [0.05, 0.1) is 65.5 Å². The smallest absolute Gasteiger partial charge is 0.264 e. The Morgan fingerprint density at radius 3 is 2.37 bits per heavy atom. The lowest BCUT2D eigenvalue weighted by Gasteiger charge is -2.31. The van der Waals surface area contributed by atoms with E-state index in [0.717, 1.165) is 17.1 Å². The van der Waals surface area contributed by atoms with E-state index >= 15 is 0 Å². The Morgan fingerprint density at radius 1 is 1.05 bits per heavy atom. The Balaban J connectivity index is 2.09. The monoisotopic (exact) mass is 577 g/mol. The molecule has 0 aliphatic carbocycles. The molecule has 0 aliphatic heterocycles. The molecule has 38 heavy (non-hydrogen) atoms. The van der Waals surface area contributed by atoms with E-state index in [0.29, 0.717) is 29.5 Å². The predicted octanol–water partition coefficient (Wildman–Crippen LogP) is 4.57. The number of benzene rings is 2. The number of methoxy groups -OCH3 is 2. The van der Waals surface area contributed by atoms with Crippen molar-refractivity contribution in [2.24, 2.45) is 0 Å². The van der Waals surface area contributed by atoms with Crippen LogP contribution in [0, 0.1) is 6.92 Å². The number of hydrogen-bond acceptors (Lipinski definition) is 8. The molecule has 0 aliphatic rings. The van der Waals surface area contributed by atoms with E-state index in [1.807, 2.05) is 43.8 Å². The normalized spacial score (nSPS) is 11.1. The number of rotatable bonds is 11. The highest BCUT2D eigenvalue weighted by atomic mass is 35.5. The number of thiocarbonyl (C=S) groups is 1. The van der Waals surface area contributed by atoms with Crippen LogP contribution in [0.15, 0.2) is 53.7 Å². The molecule has 0 fully saturated rings. The standard InChI is InChI=1S/C26H32ClN5O4S2/c1-7-31(16-19-15-28-14-18(2)29-19)26(37)17-32(23-12-20(30(3)4)8-10-22(23)27)38(33,34)21-9-11-24(35-5)25(13-21)36-6/h8-15H,7,16-17H2,1-6H3. The summed E-state index contributed by atoms with van der Waals surface area (Å²) in [5.41, 5.74) is 2.61. The summed E-state index contributed by atoms with van der Waals surface area (Å²) in [6.45, 7) is 4.63. The Labute approximate surface area is 235 Å². The molecule has 0 spiro atoms. The number of aryl methyl sites for hydroxylation is 1. The van der Waals surface area contributed by atoms with Crippen LogP contribution < -0.4 is 18.7 Å². The van der Waals surface area contributed by atoms with Crippen molar-refractivity contribution in [3.63, 3.8) is 0 Å². The van der Waals surface area contributed by atoms with Gasteiger partial charge in [0, 0.05) is 38.6 Å². The minimum Gasteiger partial charge on any atom is -0.493 e. The predicted molar refractivity (Wildman–Crippen MR) is 155 cm³/mol. The topological polar surface area (TPSA) is 88.1 Å². The average molecular weight is 578 g/mol. The first kappa shape index (κ1) is 29.4. The number of halogens is 1. The van der Waals surface area contributed by atoms with E-state index in [9.17, 15) is 8.42 Å². The number of nitrogens with zero attached hydrogens (tertiary/aromatic N) is 5. The largest absolute Gasteiger partial charge is 0.493 e. The summed E-state index contributed by atoms with van der Waals surface area (Å²) in [5, 5.41) is 0.273. The van der Waals surface area contributed by atoms with E-state index in [4.69, 9.17) is 33.3 Å². The minimum atomic E-state index is -4.14. The van der Waals surface area contributed by atoms with Gasteiger partial charge in [0.1, 0.15) is 0 Å². The van der Waals surface area contributed by atoms with Gasteiger partial charge in [0.15, 0.2) is 11.5 Å². The molecular weight excluding hydrogens is 546 g/mol. The maximum Gasteiger partial charge on any atom is 0.264 e. The van der Waals surface area contributed by atoms with Crippen molar-refractivity contribution in [1.82, 2.24) is 14.9 Å². The van der Waals surface area contributed by atoms with Gasteiger partial charge in [-0.3, -0.25) is 14.3 Å². The van der Waals surface area contributed by atoms with Crippen LogP contribution in [0.4, 0.5) is 11.4 Å². The maximum absolute atomic E-state index is 14.1. The molecule has 0 saturated carbocycles. The zero-order valence-electron chi connectivity index (χ0n) is 22.3. The van der Waals surface area contributed by atoms with Gasteiger partial charge in [0.25, 0.3) is 10.0 Å². The molecule has 0 N–H and O–H groups in total. The van der Waals surface area contributed by atoms with Gasteiger partial charge in [-0.2, -0.15) is 0 Å². The highest BCUT2D eigenvalue weighted by Gasteiger charge is 2.30. The van der Waals surface area contributed by atoms with Crippen molar-refractivity contribution in [2.45, 2.75) is 25.3 Å². The lowest BCUT2D eigenvalue weighted by molar-refractivity contribution is 0.354. The van der Waals surface area contributed by atoms with Gasteiger partial charge in [-0.25, -0.2) is 8.42 Å². The molecule has 1 heterocycles. The molecule has 0 radical (unpaired) electrons. The number of likely N-dealkylation sites (N-methyl/N-ethyl adjacent to an activating group) is 1. The molecule has 0 amide bonds. The van der Waals surface area contributed by atoms with Crippen molar-refractivity contribution < 1.29 is 17.9 Å². The Kier molecular flexibility index (Phi) is 9.75. The summed E-state index contributed by atoms with van der Waals surface area (Å²) in [7, 11) is 2.53. The third-order valence-electron chi connectivity index (χ3n) is 5.83. The van der Waals surface area contributed by atoms with Gasteiger partial charge in [-0.05, 0) is 44.2 Å². The second kappa shape index (κ2) is 12.6. The Bertz CT molecular complexity index is 1400. The van der Waals surface area contributed by atoms with Gasteiger partial charge in [0.2, 0.25) is 0 Å². The first-order valence-electron chi connectivity index (χ1n) is 11.8. The molecule has 2 aromatic carbocycles. The molecule has 0 bridgehead atoms. The van der Waals surface area contributed by atoms with Gasteiger partial charge in [-0.1, -0.05) is 23.8 Å². The lowest BCUT2D eigenvalue weighted by Crippen LogP contribution is -2.42. The zero-order valence-corrected chi connectivity index (χ0v) is 24.7. The molecule has 12 heteroatoms. The van der Waals surface area contributed by atoms with Crippen LogP contribution in [0.2, 0.25) is 5.02 Å². The fourth-order valence-electron chi connectivity index (χ4n) is 3.76. The van der Waals surface area contributed by atoms with Crippen LogP contribution in [0.3, 0.4) is 0 Å². The first-order chi connectivity index (χ1) is 18.0. The van der Waals surface area contributed by atoms with E-state index in [1.54, 1.807) is 30.6 Å². The molecule has 9 nitrogen and oxygen atoms in total. The Morgan fingerprint density at radius 2 is 1.76 bits per heavy atom. The summed E-state index contributed by atoms with van der Waals surface area (Å²) in [4.78, 5) is 12.9. The highest BCUT2D eigenvalue weighted by molar-refractivity contribution is 7.93. The van der Waals surface area contributed by atoms with Gasteiger partial charge in [-0.15, -0.1) is 0 Å². The molecular formula is C26H32ClN5O4S2. The van der Waals surface area contributed by atoms with Crippen molar-refractivity contribution in [2.75, 3.05) is 50.6 Å².